The Balaban J connectivity index is 1.48. The maximum Gasteiger partial charge on any atom is 0.340 e. The van der Waals surface area contributed by atoms with E-state index in [1.807, 2.05) is 30.9 Å². The van der Waals surface area contributed by atoms with Crippen LogP contribution in [0.1, 0.15) is 61.6 Å². The molecule has 3 heterocycles. The quantitative estimate of drug-likeness (QED) is 0.629. The van der Waals surface area contributed by atoms with E-state index in [1.165, 1.54) is 0 Å². The number of aromatic nitrogens is 2. The smallest absolute Gasteiger partial charge is 0.340 e. The van der Waals surface area contributed by atoms with Gasteiger partial charge in [-0.2, -0.15) is 0 Å². The Morgan fingerprint density at radius 2 is 2.00 bits per heavy atom. The van der Waals surface area contributed by atoms with Gasteiger partial charge >= 0.3 is 5.97 Å². The van der Waals surface area contributed by atoms with Gasteiger partial charge in [-0.25, -0.2) is 18.6 Å². The molecule has 1 saturated heterocycles. The van der Waals surface area contributed by atoms with Crippen molar-refractivity contribution in [3.8, 4) is 0 Å². The molecule has 0 spiro atoms. The molecule has 2 fully saturated rings. The number of rotatable bonds is 6. The summed E-state index contributed by atoms with van der Waals surface area (Å²) >= 11 is 0. The minimum absolute atomic E-state index is 0.0831. The molecule has 1 saturated carbocycles. The van der Waals surface area contributed by atoms with E-state index in [9.17, 15) is 13.6 Å². The number of halogens is 2. The van der Waals surface area contributed by atoms with Crippen molar-refractivity contribution >= 4 is 17.0 Å². The number of carbonyl (C=O) groups excluding carboxylic acids is 1. The number of likely N-dealkylation sites (tertiary alicyclic amines) is 1. The van der Waals surface area contributed by atoms with Gasteiger partial charge < -0.3 is 9.30 Å². The first kappa shape index (κ1) is 21.2. The lowest BCUT2D eigenvalue weighted by atomic mass is 9.78. The summed E-state index contributed by atoms with van der Waals surface area (Å²) in [6.07, 6.45) is 6.02. The Morgan fingerprint density at radius 3 is 2.63 bits per heavy atom. The molecule has 1 aliphatic heterocycles. The Morgan fingerprint density at radius 1 is 1.30 bits per heavy atom. The second kappa shape index (κ2) is 8.25. The van der Waals surface area contributed by atoms with Crippen LogP contribution in [0.4, 0.5) is 8.78 Å². The second-order valence-electron chi connectivity index (χ2n) is 8.97. The molecule has 0 unspecified atom stereocenters. The molecule has 2 aliphatic rings. The zero-order valence-electron chi connectivity index (χ0n) is 18.0. The number of esters is 1. The highest BCUT2D eigenvalue weighted by Crippen LogP contribution is 2.40. The first-order valence-corrected chi connectivity index (χ1v) is 11.0. The monoisotopic (exact) mass is 419 g/mol. The number of carbonyl (C=O) groups is 1. The van der Waals surface area contributed by atoms with Gasteiger partial charge in [-0.15, -0.1) is 0 Å². The predicted octanol–water partition coefficient (Wildman–Crippen LogP) is 4.84. The van der Waals surface area contributed by atoms with Gasteiger partial charge in [-0.3, -0.25) is 4.90 Å². The number of fused-ring (bicyclic) bond motifs is 1. The van der Waals surface area contributed by atoms with Crippen LogP contribution in [-0.4, -0.2) is 52.6 Å². The summed E-state index contributed by atoms with van der Waals surface area (Å²) < 4.78 is 33.7. The molecule has 1 atom stereocenters. The Bertz CT molecular complexity index is 911. The van der Waals surface area contributed by atoms with E-state index in [0.29, 0.717) is 24.0 Å². The van der Waals surface area contributed by atoms with Gasteiger partial charge in [0.1, 0.15) is 5.65 Å². The zero-order chi connectivity index (χ0) is 21.5. The van der Waals surface area contributed by atoms with E-state index < -0.39 is 5.92 Å². The van der Waals surface area contributed by atoms with Crippen LogP contribution < -0.4 is 0 Å². The molecule has 2 aromatic rings. The molecular formula is C23H31F2N3O2. The fraction of sp³-hybridized carbons (Fsp3) is 0.652. The Hall–Kier alpha value is -2.02. The summed E-state index contributed by atoms with van der Waals surface area (Å²) in [5, 5.41) is 0.840. The summed E-state index contributed by atoms with van der Waals surface area (Å²) in [6.45, 7) is 6.95. The van der Waals surface area contributed by atoms with Crippen LogP contribution in [0.5, 0.6) is 0 Å². The lowest BCUT2D eigenvalue weighted by Gasteiger charge is -2.42. The van der Waals surface area contributed by atoms with Gasteiger partial charge in [-0.05, 0) is 70.4 Å². The highest BCUT2D eigenvalue weighted by atomic mass is 19.3. The van der Waals surface area contributed by atoms with Crippen molar-refractivity contribution in [1.82, 2.24) is 14.5 Å². The molecule has 0 bridgehead atoms. The zero-order valence-corrected chi connectivity index (χ0v) is 18.0. The molecule has 0 N–H and O–H groups in total. The third-order valence-corrected chi connectivity index (χ3v) is 6.89. The third kappa shape index (κ3) is 3.96. The first-order valence-electron chi connectivity index (χ1n) is 11.0. The topological polar surface area (TPSA) is 47.4 Å². The van der Waals surface area contributed by atoms with E-state index in [2.05, 4.69) is 16.5 Å². The molecule has 0 radical (unpaired) electrons. The normalized spacial score (nSPS) is 25.1. The van der Waals surface area contributed by atoms with Crippen LogP contribution in [0.15, 0.2) is 18.3 Å². The highest BCUT2D eigenvalue weighted by Gasteiger charge is 2.44. The van der Waals surface area contributed by atoms with Crippen molar-refractivity contribution in [3.05, 3.63) is 29.6 Å². The van der Waals surface area contributed by atoms with Crippen LogP contribution in [-0.2, 0) is 4.74 Å². The number of ether oxygens (including phenoxy) is 1. The molecule has 30 heavy (non-hydrogen) atoms. The average molecular weight is 420 g/mol. The van der Waals surface area contributed by atoms with Gasteiger partial charge in [0.15, 0.2) is 0 Å². The summed E-state index contributed by atoms with van der Waals surface area (Å²) in [5.74, 6) is -1.80. The minimum Gasteiger partial charge on any atom is -0.462 e. The van der Waals surface area contributed by atoms with Crippen molar-refractivity contribution in [2.24, 2.45) is 11.8 Å². The number of alkyl halides is 2. The second-order valence-corrected chi connectivity index (χ2v) is 8.97. The van der Waals surface area contributed by atoms with Gasteiger partial charge in [-0.1, -0.05) is 0 Å². The van der Waals surface area contributed by atoms with Gasteiger partial charge in [0.2, 0.25) is 0 Å². The van der Waals surface area contributed by atoms with E-state index in [1.54, 1.807) is 6.20 Å². The molecule has 7 heteroatoms. The largest absolute Gasteiger partial charge is 0.462 e. The molecule has 2 aromatic heterocycles. The van der Waals surface area contributed by atoms with Gasteiger partial charge in [0.05, 0.1) is 25.3 Å². The fourth-order valence-electron chi connectivity index (χ4n) is 5.38. The maximum absolute atomic E-state index is 13.1. The van der Waals surface area contributed by atoms with E-state index >= 15 is 0 Å². The average Bonchev–Trinajstić information content (AvgIpc) is 2.98. The molecule has 4 rings (SSSR count). The van der Waals surface area contributed by atoms with Crippen molar-refractivity contribution in [2.75, 3.05) is 26.2 Å². The standard InChI is InChI=1S/C23H31F2N3O2/c1-4-30-22(29)20-16(3)28(21-19(20)6-5-11-26-21)15(2)18-9-7-17(8-10-18)12-27-13-23(24,25)14-27/h5-6,11,15,17-18H,4,7-10,12-14H2,1-3H3/t15-,17?,18?/m1/s1. The fourth-order valence-corrected chi connectivity index (χ4v) is 5.38. The van der Waals surface area contributed by atoms with Crippen molar-refractivity contribution in [2.45, 2.75) is 58.4 Å². The SMILES string of the molecule is CCOC(=O)c1c(C)n([C@H](C)C2CCC(CN3CC(F)(F)C3)CC2)c2ncccc12. The van der Waals surface area contributed by atoms with Crippen molar-refractivity contribution < 1.29 is 18.3 Å². The molecule has 1 aliphatic carbocycles. The molecule has 0 aromatic carbocycles. The van der Waals surface area contributed by atoms with Crippen LogP contribution in [0, 0.1) is 18.8 Å². The highest BCUT2D eigenvalue weighted by molar-refractivity contribution is 6.05. The van der Waals surface area contributed by atoms with Crippen LogP contribution in [0.3, 0.4) is 0 Å². The summed E-state index contributed by atoms with van der Waals surface area (Å²) in [7, 11) is 0. The molecule has 0 amide bonds. The van der Waals surface area contributed by atoms with Crippen LogP contribution >= 0.6 is 0 Å². The third-order valence-electron chi connectivity index (χ3n) is 6.89. The molecule has 5 nitrogen and oxygen atoms in total. The van der Waals surface area contributed by atoms with E-state index in [0.717, 1.165) is 49.0 Å². The minimum atomic E-state index is -2.48. The lowest BCUT2D eigenvalue weighted by Crippen LogP contribution is -2.57. The lowest BCUT2D eigenvalue weighted by molar-refractivity contribution is -0.135. The van der Waals surface area contributed by atoms with Gasteiger partial charge in [0.25, 0.3) is 5.92 Å². The van der Waals surface area contributed by atoms with Crippen LogP contribution in [0.25, 0.3) is 11.0 Å². The molecular weight excluding hydrogens is 388 g/mol. The summed E-state index contributed by atoms with van der Waals surface area (Å²) in [4.78, 5) is 19.1. The van der Waals surface area contributed by atoms with Crippen molar-refractivity contribution in [3.63, 3.8) is 0 Å². The predicted molar refractivity (Wildman–Crippen MR) is 112 cm³/mol. The summed E-state index contributed by atoms with van der Waals surface area (Å²) in [5.41, 5.74) is 2.34. The maximum atomic E-state index is 13.1. The number of nitrogens with zero attached hydrogens (tertiary/aromatic N) is 3. The summed E-state index contributed by atoms with van der Waals surface area (Å²) in [6, 6.07) is 3.99. The Labute approximate surface area is 176 Å². The first-order chi connectivity index (χ1) is 14.3. The number of pyridine rings is 1. The van der Waals surface area contributed by atoms with Gasteiger partial charge in [0, 0.05) is 29.9 Å². The molecule has 164 valence electrons. The van der Waals surface area contributed by atoms with Crippen LogP contribution in [0.2, 0.25) is 0 Å². The van der Waals surface area contributed by atoms with E-state index in [4.69, 9.17) is 4.74 Å². The van der Waals surface area contributed by atoms with Crippen molar-refractivity contribution in [1.29, 1.82) is 0 Å². The number of hydrogen-bond donors (Lipinski definition) is 0. The number of hydrogen-bond acceptors (Lipinski definition) is 4. The Kier molecular flexibility index (Phi) is 5.84. The van der Waals surface area contributed by atoms with E-state index in [-0.39, 0.29) is 25.1 Å².